The first-order chi connectivity index (χ1) is 7.66. The second kappa shape index (κ2) is 3.97. The molecule has 0 N–H and O–H groups in total. The molecular weight excluding hydrogens is 210 g/mol. The summed E-state index contributed by atoms with van der Waals surface area (Å²) in [6.07, 6.45) is 0. The Morgan fingerprint density at radius 1 is 1.06 bits per heavy atom. The fourth-order valence-corrected chi connectivity index (χ4v) is 1.13. The van der Waals surface area contributed by atoms with Gasteiger partial charge in [0.2, 0.25) is 5.82 Å². The molecule has 0 bridgehead atoms. The molecule has 0 saturated carbocycles. The summed E-state index contributed by atoms with van der Waals surface area (Å²) in [6.45, 7) is 1.68. The van der Waals surface area contributed by atoms with Crippen LogP contribution in [0.4, 0.5) is 5.69 Å². The summed E-state index contributed by atoms with van der Waals surface area (Å²) < 4.78 is 0. The SMILES string of the molecule is Cc1nnc(-c2ccc([N+](=O)[O-])cc2)nn1. The van der Waals surface area contributed by atoms with Crippen LogP contribution in [-0.4, -0.2) is 25.3 Å². The average molecular weight is 217 g/mol. The molecule has 0 saturated heterocycles. The molecule has 0 atom stereocenters. The monoisotopic (exact) mass is 217 g/mol. The zero-order valence-corrected chi connectivity index (χ0v) is 8.36. The molecular formula is C9H7N5O2. The minimum absolute atomic E-state index is 0.0248. The Balaban J connectivity index is 2.34. The van der Waals surface area contributed by atoms with Crippen molar-refractivity contribution in [2.24, 2.45) is 0 Å². The number of nitro benzene ring substituents is 1. The molecule has 0 radical (unpaired) electrons. The van der Waals surface area contributed by atoms with E-state index >= 15 is 0 Å². The van der Waals surface area contributed by atoms with Crippen molar-refractivity contribution < 1.29 is 4.92 Å². The fourth-order valence-electron chi connectivity index (χ4n) is 1.13. The van der Waals surface area contributed by atoms with E-state index in [4.69, 9.17) is 0 Å². The number of nitro groups is 1. The first-order valence-electron chi connectivity index (χ1n) is 4.45. The van der Waals surface area contributed by atoms with Gasteiger partial charge in [-0.2, -0.15) is 0 Å². The van der Waals surface area contributed by atoms with Gasteiger partial charge in [-0.15, -0.1) is 20.4 Å². The molecule has 0 unspecified atom stereocenters. The minimum Gasteiger partial charge on any atom is -0.258 e. The molecule has 0 fully saturated rings. The van der Waals surface area contributed by atoms with Gasteiger partial charge in [0.25, 0.3) is 5.69 Å². The molecule has 0 spiro atoms. The topological polar surface area (TPSA) is 94.7 Å². The molecule has 0 amide bonds. The van der Waals surface area contributed by atoms with E-state index in [0.29, 0.717) is 17.2 Å². The lowest BCUT2D eigenvalue weighted by Gasteiger charge is -1.97. The first kappa shape index (κ1) is 10.1. The van der Waals surface area contributed by atoms with Crippen molar-refractivity contribution in [3.05, 3.63) is 40.2 Å². The molecule has 0 aliphatic rings. The van der Waals surface area contributed by atoms with Crippen molar-refractivity contribution in [1.29, 1.82) is 0 Å². The molecule has 2 rings (SSSR count). The van der Waals surface area contributed by atoms with Gasteiger partial charge in [-0.3, -0.25) is 10.1 Å². The second-order valence-electron chi connectivity index (χ2n) is 3.07. The van der Waals surface area contributed by atoms with Gasteiger partial charge < -0.3 is 0 Å². The second-order valence-corrected chi connectivity index (χ2v) is 3.07. The molecule has 0 aliphatic carbocycles. The fraction of sp³-hybridized carbons (Fsp3) is 0.111. The summed E-state index contributed by atoms with van der Waals surface area (Å²) in [7, 11) is 0. The Morgan fingerprint density at radius 2 is 1.62 bits per heavy atom. The number of hydrogen-bond acceptors (Lipinski definition) is 6. The molecule has 1 aromatic heterocycles. The summed E-state index contributed by atoms with van der Waals surface area (Å²) in [5, 5.41) is 25.6. The van der Waals surface area contributed by atoms with Crippen LogP contribution in [0.15, 0.2) is 24.3 Å². The summed E-state index contributed by atoms with van der Waals surface area (Å²) in [6, 6.07) is 5.90. The maximum Gasteiger partial charge on any atom is 0.269 e. The van der Waals surface area contributed by atoms with E-state index in [2.05, 4.69) is 20.4 Å². The lowest BCUT2D eigenvalue weighted by atomic mass is 10.2. The Kier molecular flexibility index (Phi) is 2.50. The maximum absolute atomic E-state index is 10.4. The van der Waals surface area contributed by atoms with Crippen LogP contribution < -0.4 is 0 Å². The maximum atomic E-state index is 10.4. The average Bonchev–Trinajstić information content (AvgIpc) is 2.30. The minimum atomic E-state index is -0.462. The van der Waals surface area contributed by atoms with Crippen molar-refractivity contribution in [3.63, 3.8) is 0 Å². The van der Waals surface area contributed by atoms with Crippen LogP contribution in [-0.2, 0) is 0 Å². The lowest BCUT2D eigenvalue weighted by Crippen LogP contribution is -1.98. The largest absolute Gasteiger partial charge is 0.269 e. The van der Waals surface area contributed by atoms with Crippen molar-refractivity contribution in [2.45, 2.75) is 6.92 Å². The third-order valence-corrected chi connectivity index (χ3v) is 1.92. The number of hydrogen-bond donors (Lipinski definition) is 0. The highest BCUT2D eigenvalue weighted by molar-refractivity contribution is 5.56. The number of rotatable bonds is 2. The molecule has 7 heteroatoms. The molecule has 2 aromatic rings. The number of nitrogens with zero attached hydrogens (tertiary/aromatic N) is 5. The molecule has 0 aliphatic heterocycles. The highest BCUT2D eigenvalue weighted by Gasteiger charge is 2.07. The van der Waals surface area contributed by atoms with Crippen LogP contribution in [0.2, 0.25) is 0 Å². The van der Waals surface area contributed by atoms with E-state index in [1.54, 1.807) is 19.1 Å². The number of benzene rings is 1. The standard InChI is InChI=1S/C9H7N5O2/c1-6-10-12-9(13-11-6)7-2-4-8(5-3-7)14(15)16/h2-5H,1H3. The van der Waals surface area contributed by atoms with E-state index in [1.165, 1.54) is 12.1 Å². The van der Waals surface area contributed by atoms with E-state index < -0.39 is 4.92 Å². The summed E-state index contributed by atoms with van der Waals surface area (Å²) >= 11 is 0. The van der Waals surface area contributed by atoms with Gasteiger partial charge in [0.05, 0.1) is 4.92 Å². The summed E-state index contributed by atoms with van der Waals surface area (Å²) in [5.41, 5.74) is 0.669. The Morgan fingerprint density at radius 3 is 2.12 bits per heavy atom. The highest BCUT2D eigenvalue weighted by Crippen LogP contribution is 2.17. The summed E-state index contributed by atoms with van der Waals surface area (Å²) in [5.74, 6) is 0.825. The lowest BCUT2D eigenvalue weighted by molar-refractivity contribution is -0.384. The molecule has 1 aromatic carbocycles. The van der Waals surface area contributed by atoms with Gasteiger partial charge in [-0.25, -0.2) is 0 Å². The molecule has 16 heavy (non-hydrogen) atoms. The van der Waals surface area contributed by atoms with Gasteiger partial charge in [0.1, 0.15) is 0 Å². The van der Waals surface area contributed by atoms with Gasteiger partial charge in [0.15, 0.2) is 5.82 Å². The zero-order chi connectivity index (χ0) is 11.5. The van der Waals surface area contributed by atoms with E-state index in [-0.39, 0.29) is 5.69 Å². The van der Waals surface area contributed by atoms with Crippen LogP contribution in [0.1, 0.15) is 5.82 Å². The number of aryl methyl sites for hydroxylation is 1. The normalized spacial score (nSPS) is 10.1. The highest BCUT2D eigenvalue weighted by atomic mass is 16.6. The van der Waals surface area contributed by atoms with Crippen LogP contribution in [0.5, 0.6) is 0 Å². The molecule has 80 valence electrons. The molecule has 7 nitrogen and oxygen atoms in total. The van der Waals surface area contributed by atoms with Gasteiger partial charge in [-0.05, 0) is 19.1 Å². The van der Waals surface area contributed by atoms with E-state index in [9.17, 15) is 10.1 Å². The van der Waals surface area contributed by atoms with Crippen LogP contribution >= 0.6 is 0 Å². The number of non-ortho nitro benzene ring substituents is 1. The number of aromatic nitrogens is 4. The smallest absolute Gasteiger partial charge is 0.258 e. The Bertz CT molecular complexity index is 508. The predicted octanol–water partition coefficient (Wildman–Crippen LogP) is 1.15. The van der Waals surface area contributed by atoms with Crippen molar-refractivity contribution >= 4 is 5.69 Å². The van der Waals surface area contributed by atoms with Crippen molar-refractivity contribution in [2.75, 3.05) is 0 Å². The third kappa shape index (κ3) is 1.97. The van der Waals surface area contributed by atoms with Crippen LogP contribution in [0.25, 0.3) is 11.4 Å². The first-order valence-corrected chi connectivity index (χ1v) is 4.45. The van der Waals surface area contributed by atoms with Crippen molar-refractivity contribution in [1.82, 2.24) is 20.4 Å². The van der Waals surface area contributed by atoms with Crippen LogP contribution in [0.3, 0.4) is 0 Å². The predicted molar refractivity (Wildman–Crippen MR) is 54.4 cm³/mol. The quantitative estimate of drug-likeness (QED) is 0.553. The van der Waals surface area contributed by atoms with Gasteiger partial charge in [0, 0.05) is 17.7 Å². The van der Waals surface area contributed by atoms with E-state index in [1.807, 2.05) is 0 Å². The molecule has 1 heterocycles. The van der Waals surface area contributed by atoms with Gasteiger partial charge >= 0.3 is 0 Å². The Hall–Kier alpha value is -2.44. The Labute approximate surface area is 90.3 Å². The third-order valence-electron chi connectivity index (χ3n) is 1.92. The van der Waals surface area contributed by atoms with E-state index in [0.717, 1.165) is 0 Å². The zero-order valence-electron chi connectivity index (χ0n) is 8.36. The van der Waals surface area contributed by atoms with Gasteiger partial charge in [-0.1, -0.05) is 0 Å². The van der Waals surface area contributed by atoms with Crippen LogP contribution in [0, 0.1) is 17.0 Å². The summed E-state index contributed by atoms with van der Waals surface area (Å²) in [4.78, 5) is 9.98. The van der Waals surface area contributed by atoms with Crippen molar-refractivity contribution in [3.8, 4) is 11.4 Å².